The van der Waals surface area contributed by atoms with Gasteiger partial charge in [0.15, 0.2) is 0 Å². The highest BCUT2D eigenvalue weighted by molar-refractivity contribution is 5.83. The molecule has 0 rings (SSSR count). The Bertz CT molecular complexity index is 317. The van der Waals surface area contributed by atoms with Crippen molar-refractivity contribution in [3.63, 3.8) is 0 Å². The molecule has 4 nitrogen and oxygen atoms in total. The second kappa shape index (κ2) is 5.04. The number of hydrogen-bond acceptors (Lipinski definition) is 4. The lowest BCUT2D eigenvalue weighted by Gasteiger charge is -2.15. The van der Waals surface area contributed by atoms with Crippen LogP contribution < -0.4 is 0 Å². The topological polar surface area (TPSA) is 73.9 Å². The largest absolute Gasteiger partial charge is 0.467 e. The summed E-state index contributed by atoms with van der Waals surface area (Å²) in [7, 11) is 1.16. The normalized spacial score (nSPS) is 11.4. The predicted molar refractivity (Wildman–Crippen MR) is 49.7 cm³/mol. The van der Waals surface area contributed by atoms with Gasteiger partial charge in [-0.3, -0.25) is 0 Å². The van der Waals surface area contributed by atoms with Gasteiger partial charge in [-0.25, -0.2) is 4.79 Å². The number of methoxy groups -OCH3 is 1. The lowest BCUT2D eigenvalue weighted by molar-refractivity contribution is -0.146. The zero-order valence-electron chi connectivity index (χ0n) is 8.50. The number of esters is 1. The number of allylic oxidation sites excluding steroid dienone is 2. The second-order valence-corrected chi connectivity index (χ2v) is 2.93. The fourth-order valence-electron chi connectivity index (χ4n) is 0.962. The van der Waals surface area contributed by atoms with E-state index in [1.54, 1.807) is 32.1 Å². The second-order valence-electron chi connectivity index (χ2n) is 2.93. The van der Waals surface area contributed by atoms with Crippen molar-refractivity contribution in [2.75, 3.05) is 7.11 Å². The van der Waals surface area contributed by atoms with Gasteiger partial charge >= 0.3 is 5.97 Å². The molecule has 0 spiro atoms. The summed E-state index contributed by atoms with van der Waals surface area (Å²) in [5.41, 5.74) is -0.899. The molecule has 0 radical (unpaired) electrons. The van der Waals surface area contributed by atoms with Gasteiger partial charge in [-0.1, -0.05) is 11.6 Å². The molecule has 4 heteroatoms. The van der Waals surface area contributed by atoms with Crippen molar-refractivity contribution in [3.05, 3.63) is 11.6 Å². The molecule has 0 heterocycles. The molecular formula is C10H12N2O2. The van der Waals surface area contributed by atoms with Gasteiger partial charge in [-0.2, -0.15) is 10.5 Å². The molecule has 0 aliphatic carbocycles. The number of ether oxygens (including phenoxy) is 1. The summed E-state index contributed by atoms with van der Waals surface area (Å²) in [4.78, 5) is 11.3. The summed E-state index contributed by atoms with van der Waals surface area (Å²) >= 11 is 0. The Morgan fingerprint density at radius 3 is 2.29 bits per heavy atom. The van der Waals surface area contributed by atoms with E-state index in [2.05, 4.69) is 4.74 Å². The van der Waals surface area contributed by atoms with Crippen LogP contribution in [0.15, 0.2) is 11.6 Å². The van der Waals surface area contributed by atoms with E-state index < -0.39 is 11.4 Å². The van der Waals surface area contributed by atoms with Crippen molar-refractivity contribution in [3.8, 4) is 12.1 Å². The zero-order chi connectivity index (χ0) is 11.2. The summed E-state index contributed by atoms with van der Waals surface area (Å²) in [6.07, 6.45) is 1.84. The van der Waals surface area contributed by atoms with E-state index in [9.17, 15) is 4.79 Å². The third-order valence-corrected chi connectivity index (χ3v) is 1.95. The van der Waals surface area contributed by atoms with Gasteiger partial charge < -0.3 is 4.74 Å². The molecule has 0 aliphatic heterocycles. The molecule has 0 aliphatic rings. The summed E-state index contributed by atoms with van der Waals surface area (Å²) in [5.74, 6) is -0.802. The lowest BCUT2D eigenvalue weighted by Crippen LogP contribution is -2.29. The van der Waals surface area contributed by atoms with Gasteiger partial charge in [0.25, 0.3) is 0 Å². The Kier molecular flexibility index (Phi) is 4.38. The minimum Gasteiger partial charge on any atom is -0.467 e. The van der Waals surface area contributed by atoms with Crippen LogP contribution in [-0.4, -0.2) is 13.1 Å². The molecule has 0 aromatic carbocycles. The van der Waals surface area contributed by atoms with E-state index in [1.807, 2.05) is 0 Å². The first-order chi connectivity index (χ1) is 6.56. The molecule has 0 unspecified atom stereocenters. The fraction of sp³-hybridized carbons (Fsp3) is 0.500. The minimum atomic E-state index is -1.70. The van der Waals surface area contributed by atoms with E-state index >= 15 is 0 Å². The molecule has 0 atom stereocenters. The van der Waals surface area contributed by atoms with Crippen LogP contribution in [0.5, 0.6) is 0 Å². The first-order valence-corrected chi connectivity index (χ1v) is 4.09. The minimum absolute atomic E-state index is 0.0865. The average Bonchev–Trinajstić information content (AvgIpc) is 2.24. The van der Waals surface area contributed by atoms with Crippen LogP contribution in [0.3, 0.4) is 0 Å². The Labute approximate surface area is 83.4 Å². The molecule has 14 heavy (non-hydrogen) atoms. The van der Waals surface area contributed by atoms with E-state index in [4.69, 9.17) is 10.5 Å². The van der Waals surface area contributed by atoms with Crippen LogP contribution in [0.1, 0.15) is 20.3 Å². The first-order valence-electron chi connectivity index (χ1n) is 4.09. The number of carbonyl (C=O) groups excluding carboxylic acids is 1. The van der Waals surface area contributed by atoms with Crippen molar-refractivity contribution in [1.29, 1.82) is 10.5 Å². The molecule has 0 saturated heterocycles. The average molecular weight is 192 g/mol. The maximum atomic E-state index is 11.3. The van der Waals surface area contributed by atoms with E-state index in [0.29, 0.717) is 0 Å². The quantitative estimate of drug-likeness (QED) is 0.502. The monoisotopic (exact) mass is 192 g/mol. The Balaban J connectivity index is 5.05. The third-order valence-electron chi connectivity index (χ3n) is 1.95. The molecule has 0 aromatic rings. The van der Waals surface area contributed by atoms with E-state index in [0.717, 1.165) is 12.7 Å². The summed E-state index contributed by atoms with van der Waals surface area (Å²) in [6, 6.07) is 3.41. The van der Waals surface area contributed by atoms with Crippen molar-refractivity contribution in [1.82, 2.24) is 0 Å². The summed E-state index contributed by atoms with van der Waals surface area (Å²) in [5, 5.41) is 17.6. The molecule has 0 saturated carbocycles. The molecule has 0 aromatic heterocycles. The number of nitrogens with zero attached hydrogens (tertiary/aromatic N) is 2. The highest BCUT2D eigenvalue weighted by atomic mass is 16.5. The highest BCUT2D eigenvalue weighted by Gasteiger charge is 2.40. The van der Waals surface area contributed by atoms with Crippen LogP contribution in [0.4, 0.5) is 0 Å². The molecule has 0 bridgehead atoms. The van der Waals surface area contributed by atoms with Crippen molar-refractivity contribution in [2.24, 2.45) is 5.41 Å². The first kappa shape index (κ1) is 12.2. The van der Waals surface area contributed by atoms with Crippen LogP contribution in [0.2, 0.25) is 0 Å². The molecule has 0 fully saturated rings. The number of carbonyl (C=O) groups is 1. The predicted octanol–water partition coefficient (Wildman–Crippen LogP) is 1.55. The number of nitriles is 2. The van der Waals surface area contributed by atoms with Gasteiger partial charge in [-0.05, 0) is 13.8 Å². The Morgan fingerprint density at radius 1 is 1.50 bits per heavy atom. The van der Waals surface area contributed by atoms with Crippen LogP contribution in [0.25, 0.3) is 0 Å². The van der Waals surface area contributed by atoms with Gasteiger partial charge in [0.1, 0.15) is 0 Å². The van der Waals surface area contributed by atoms with Crippen molar-refractivity contribution >= 4 is 5.97 Å². The maximum absolute atomic E-state index is 11.3. The van der Waals surface area contributed by atoms with Crippen LogP contribution in [0, 0.1) is 28.1 Å². The molecule has 0 amide bonds. The van der Waals surface area contributed by atoms with Crippen LogP contribution >= 0.6 is 0 Å². The Hall–Kier alpha value is -1.81. The molecular weight excluding hydrogens is 180 g/mol. The smallest absolute Gasteiger partial charge is 0.341 e. The summed E-state index contributed by atoms with van der Waals surface area (Å²) < 4.78 is 4.43. The van der Waals surface area contributed by atoms with Crippen molar-refractivity contribution < 1.29 is 9.53 Å². The van der Waals surface area contributed by atoms with Gasteiger partial charge in [0.2, 0.25) is 5.41 Å². The van der Waals surface area contributed by atoms with Gasteiger partial charge in [-0.15, -0.1) is 0 Å². The zero-order valence-corrected chi connectivity index (χ0v) is 8.50. The van der Waals surface area contributed by atoms with E-state index in [1.165, 1.54) is 0 Å². The third kappa shape index (κ3) is 2.34. The lowest BCUT2D eigenvalue weighted by atomic mass is 9.85. The molecule has 0 N–H and O–H groups in total. The highest BCUT2D eigenvalue weighted by Crippen LogP contribution is 2.26. The number of hydrogen-bond donors (Lipinski definition) is 0. The summed E-state index contributed by atoms with van der Waals surface area (Å²) in [6.45, 7) is 3.54. The SMILES string of the molecule is CC=C(C)CC(C#N)(C#N)C(=O)OC. The van der Waals surface area contributed by atoms with Crippen molar-refractivity contribution in [2.45, 2.75) is 20.3 Å². The maximum Gasteiger partial charge on any atom is 0.341 e. The van der Waals surface area contributed by atoms with Gasteiger partial charge in [0.05, 0.1) is 19.2 Å². The Morgan fingerprint density at radius 2 is 2.00 bits per heavy atom. The number of rotatable bonds is 3. The van der Waals surface area contributed by atoms with Gasteiger partial charge in [0, 0.05) is 6.42 Å². The molecule has 74 valence electrons. The van der Waals surface area contributed by atoms with Crippen LogP contribution in [-0.2, 0) is 9.53 Å². The fourth-order valence-corrected chi connectivity index (χ4v) is 0.962. The standard InChI is InChI=1S/C10H12N2O2/c1-4-8(2)5-10(6-11,7-12)9(13)14-3/h4H,5H2,1-3H3. The van der Waals surface area contributed by atoms with E-state index in [-0.39, 0.29) is 6.42 Å².